The fourth-order valence-corrected chi connectivity index (χ4v) is 6.21. The van der Waals surface area contributed by atoms with Crippen molar-refractivity contribution in [2.75, 3.05) is 0 Å². The Morgan fingerprint density at radius 1 is 0.800 bits per heavy atom. The largest absolute Gasteiger partial charge is 0.0622 e. The fourth-order valence-electron chi connectivity index (χ4n) is 3.19. The first-order valence-corrected chi connectivity index (χ1v) is 8.99. The van der Waals surface area contributed by atoms with Crippen LogP contribution in [0.4, 0.5) is 0 Å². The van der Waals surface area contributed by atoms with E-state index in [1.54, 1.807) is 5.92 Å². The maximum absolute atomic E-state index is 2.38. The van der Waals surface area contributed by atoms with E-state index < -0.39 is 0 Å². The topological polar surface area (TPSA) is 0 Å². The summed E-state index contributed by atoms with van der Waals surface area (Å²) >= 11 is 0. The van der Waals surface area contributed by atoms with Gasteiger partial charge in [-0.1, -0.05) is 80.4 Å². The average molecular weight is 281 g/mol. The molecule has 103 valence electrons. The summed E-state index contributed by atoms with van der Waals surface area (Å²) in [4.78, 5) is 0. The molecule has 0 nitrogen and oxygen atoms in total. The zero-order valence-electron chi connectivity index (χ0n) is 12.1. The molecule has 0 aliphatic heterocycles. The molecular formula is C19H22P. The first-order chi connectivity index (χ1) is 9.86. The van der Waals surface area contributed by atoms with Crippen LogP contribution in [0.5, 0.6) is 0 Å². The second kappa shape index (κ2) is 6.55. The maximum atomic E-state index is 2.38. The zero-order valence-corrected chi connectivity index (χ0v) is 13.0. The second-order valence-corrected chi connectivity index (χ2v) is 8.05. The SMILES string of the molecule is C[C]1CCCCC1P(c1ccccc1)c1ccccc1. The van der Waals surface area contributed by atoms with Crippen LogP contribution in [0.25, 0.3) is 0 Å². The predicted octanol–water partition coefficient (Wildman–Crippen LogP) is 4.66. The van der Waals surface area contributed by atoms with E-state index in [0.717, 1.165) is 5.66 Å². The van der Waals surface area contributed by atoms with Gasteiger partial charge in [0.05, 0.1) is 0 Å². The highest BCUT2D eigenvalue weighted by Crippen LogP contribution is 2.49. The molecule has 0 saturated heterocycles. The van der Waals surface area contributed by atoms with Gasteiger partial charge in [-0.2, -0.15) is 0 Å². The predicted molar refractivity (Wildman–Crippen MR) is 90.2 cm³/mol. The van der Waals surface area contributed by atoms with Gasteiger partial charge in [-0.05, 0) is 42.9 Å². The summed E-state index contributed by atoms with van der Waals surface area (Å²) in [5, 5.41) is 3.06. The summed E-state index contributed by atoms with van der Waals surface area (Å²) in [7, 11) is -0.245. The van der Waals surface area contributed by atoms with Crippen molar-refractivity contribution in [2.45, 2.75) is 38.3 Å². The third-order valence-corrected chi connectivity index (χ3v) is 7.28. The molecule has 1 aliphatic rings. The first kappa shape index (κ1) is 13.8. The standard InChI is InChI=1S/C19H22P/c1-16-10-8-9-15-19(16)20(17-11-4-2-5-12-17)18-13-6-3-7-14-18/h2-7,11-14,19H,8-10,15H2,1H3. The lowest BCUT2D eigenvalue weighted by atomic mass is 9.90. The van der Waals surface area contributed by atoms with E-state index in [4.69, 9.17) is 0 Å². The molecule has 0 spiro atoms. The summed E-state index contributed by atoms with van der Waals surface area (Å²) in [6, 6.07) is 22.3. The third kappa shape index (κ3) is 2.96. The minimum atomic E-state index is -0.245. The van der Waals surface area contributed by atoms with E-state index in [-0.39, 0.29) is 7.92 Å². The highest BCUT2D eigenvalue weighted by atomic mass is 31.1. The van der Waals surface area contributed by atoms with Crippen LogP contribution in [0.15, 0.2) is 60.7 Å². The maximum Gasteiger partial charge on any atom is -0.00694 e. The number of benzene rings is 2. The Balaban J connectivity index is 1.99. The first-order valence-electron chi connectivity index (χ1n) is 7.58. The number of hydrogen-bond acceptors (Lipinski definition) is 0. The van der Waals surface area contributed by atoms with E-state index in [1.165, 1.54) is 36.3 Å². The smallest absolute Gasteiger partial charge is 0.00694 e. The van der Waals surface area contributed by atoms with E-state index >= 15 is 0 Å². The minimum absolute atomic E-state index is 0.245. The summed E-state index contributed by atoms with van der Waals surface area (Å²) in [6.07, 6.45) is 5.46. The van der Waals surface area contributed by atoms with Gasteiger partial charge in [0.2, 0.25) is 0 Å². The van der Waals surface area contributed by atoms with Gasteiger partial charge in [0.15, 0.2) is 0 Å². The van der Waals surface area contributed by atoms with Gasteiger partial charge in [0.25, 0.3) is 0 Å². The lowest BCUT2D eigenvalue weighted by Crippen LogP contribution is -2.28. The molecule has 1 saturated carbocycles. The van der Waals surface area contributed by atoms with E-state index in [0.29, 0.717) is 0 Å². The van der Waals surface area contributed by atoms with Gasteiger partial charge in [0.1, 0.15) is 0 Å². The Morgan fingerprint density at radius 3 is 1.85 bits per heavy atom. The molecule has 1 heteroatoms. The summed E-state index contributed by atoms with van der Waals surface area (Å²) in [5.41, 5.74) is 0.767. The van der Waals surface area contributed by atoms with Crippen molar-refractivity contribution in [3.05, 3.63) is 66.6 Å². The van der Waals surface area contributed by atoms with Gasteiger partial charge in [-0.15, -0.1) is 0 Å². The Morgan fingerprint density at radius 2 is 1.35 bits per heavy atom. The third-order valence-electron chi connectivity index (χ3n) is 4.25. The molecule has 0 heterocycles. The molecular weight excluding hydrogens is 259 g/mol. The lowest BCUT2D eigenvalue weighted by Gasteiger charge is -2.36. The van der Waals surface area contributed by atoms with E-state index in [9.17, 15) is 0 Å². The van der Waals surface area contributed by atoms with Crippen molar-refractivity contribution in [2.24, 2.45) is 0 Å². The zero-order chi connectivity index (χ0) is 13.8. The Hall–Kier alpha value is -1.13. The van der Waals surface area contributed by atoms with Crippen molar-refractivity contribution in [1.82, 2.24) is 0 Å². The van der Waals surface area contributed by atoms with Crippen LogP contribution in [0.3, 0.4) is 0 Å². The molecule has 0 bridgehead atoms. The van der Waals surface area contributed by atoms with E-state index in [2.05, 4.69) is 67.6 Å². The molecule has 20 heavy (non-hydrogen) atoms. The van der Waals surface area contributed by atoms with Gasteiger partial charge >= 0.3 is 0 Å². The molecule has 0 amide bonds. The average Bonchev–Trinajstić information content (AvgIpc) is 2.52. The molecule has 1 fully saturated rings. The highest BCUT2D eigenvalue weighted by molar-refractivity contribution is 7.73. The molecule has 1 radical (unpaired) electrons. The van der Waals surface area contributed by atoms with Crippen LogP contribution in [0, 0.1) is 5.92 Å². The van der Waals surface area contributed by atoms with Gasteiger partial charge in [-0.3, -0.25) is 0 Å². The van der Waals surface area contributed by atoms with Crippen LogP contribution < -0.4 is 10.6 Å². The molecule has 0 N–H and O–H groups in total. The number of rotatable bonds is 3. The Labute approximate surface area is 124 Å². The summed E-state index contributed by atoms with van der Waals surface area (Å²) < 4.78 is 0. The molecule has 2 aromatic rings. The van der Waals surface area contributed by atoms with Gasteiger partial charge in [0, 0.05) is 0 Å². The lowest BCUT2D eigenvalue weighted by molar-refractivity contribution is 0.547. The quantitative estimate of drug-likeness (QED) is 0.718. The fraction of sp³-hybridized carbons (Fsp3) is 0.316. The Bertz CT molecular complexity index is 480. The van der Waals surface area contributed by atoms with Crippen LogP contribution in [-0.4, -0.2) is 5.66 Å². The monoisotopic (exact) mass is 281 g/mol. The molecule has 1 atom stereocenters. The van der Waals surface area contributed by atoms with Crippen LogP contribution in [0.2, 0.25) is 0 Å². The van der Waals surface area contributed by atoms with Crippen molar-refractivity contribution >= 4 is 18.5 Å². The molecule has 1 unspecified atom stereocenters. The van der Waals surface area contributed by atoms with Gasteiger partial charge < -0.3 is 0 Å². The van der Waals surface area contributed by atoms with Crippen molar-refractivity contribution in [1.29, 1.82) is 0 Å². The number of hydrogen-bond donors (Lipinski definition) is 0. The Kier molecular flexibility index (Phi) is 4.53. The molecule has 2 aromatic carbocycles. The van der Waals surface area contributed by atoms with Gasteiger partial charge in [-0.25, -0.2) is 0 Å². The van der Waals surface area contributed by atoms with E-state index in [1.807, 2.05) is 0 Å². The van der Waals surface area contributed by atoms with Crippen LogP contribution >= 0.6 is 7.92 Å². The molecule has 1 aliphatic carbocycles. The normalized spacial score (nSPS) is 20.2. The van der Waals surface area contributed by atoms with Crippen LogP contribution in [0.1, 0.15) is 32.6 Å². The molecule has 3 rings (SSSR count). The molecule has 0 aromatic heterocycles. The summed E-state index contributed by atoms with van der Waals surface area (Å²) in [5.74, 6) is 1.72. The van der Waals surface area contributed by atoms with Crippen molar-refractivity contribution < 1.29 is 0 Å². The minimum Gasteiger partial charge on any atom is -0.0622 e. The summed E-state index contributed by atoms with van der Waals surface area (Å²) in [6.45, 7) is 2.38. The highest BCUT2D eigenvalue weighted by Gasteiger charge is 2.31. The second-order valence-electron chi connectivity index (χ2n) is 5.65. The van der Waals surface area contributed by atoms with Crippen LogP contribution in [-0.2, 0) is 0 Å². The van der Waals surface area contributed by atoms with Crippen molar-refractivity contribution in [3.8, 4) is 0 Å². The van der Waals surface area contributed by atoms with Crippen molar-refractivity contribution in [3.63, 3.8) is 0 Å².